The van der Waals surface area contributed by atoms with Crippen LogP contribution in [0.15, 0.2) is 4.99 Å². The van der Waals surface area contributed by atoms with Crippen LogP contribution >= 0.6 is 0 Å². The molecule has 1 atom stereocenters. The Labute approximate surface area is 117 Å². The van der Waals surface area contributed by atoms with E-state index in [1.54, 1.807) is 7.11 Å². The molecule has 1 unspecified atom stereocenters. The van der Waals surface area contributed by atoms with Gasteiger partial charge < -0.3 is 9.64 Å². The van der Waals surface area contributed by atoms with E-state index in [1.807, 2.05) is 0 Å². The molecule has 0 saturated heterocycles. The van der Waals surface area contributed by atoms with Crippen LogP contribution in [0.3, 0.4) is 0 Å². The summed E-state index contributed by atoms with van der Waals surface area (Å²) in [7, 11) is 1.72. The molecule has 0 bridgehead atoms. The fourth-order valence-corrected chi connectivity index (χ4v) is 2.52. The van der Waals surface area contributed by atoms with Gasteiger partial charge in [-0.2, -0.15) is 0 Å². The minimum absolute atomic E-state index is 0.411. The predicted octanol–water partition coefficient (Wildman–Crippen LogP) is 1.89. The first-order chi connectivity index (χ1) is 9.22. The number of nitrogens with zero attached hydrogens (tertiary/aromatic N) is 2. The van der Waals surface area contributed by atoms with E-state index >= 15 is 0 Å². The van der Waals surface area contributed by atoms with Crippen molar-refractivity contribution in [1.29, 1.82) is 0 Å². The molecule has 0 spiro atoms. The number of nitrogens with two attached hydrogens (primary N) is 1. The lowest BCUT2D eigenvalue weighted by Crippen LogP contribution is -2.50. The maximum atomic E-state index is 5.69. The van der Waals surface area contributed by atoms with Crippen molar-refractivity contribution < 1.29 is 4.74 Å². The number of hydrazine groups is 1. The number of nitrogens with one attached hydrogen (secondary N) is 1. The smallest absolute Gasteiger partial charge is 0.208 e. The molecule has 0 heterocycles. The van der Waals surface area contributed by atoms with Gasteiger partial charge in [0.25, 0.3) is 0 Å². The van der Waals surface area contributed by atoms with Crippen molar-refractivity contribution in [2.75, 3.05) is 20.3 Å². The number of aliphatic imine (C=N–C) groups is 1. The maximum absolute atomic E-state index is 5.69. The van der Waals surface area contributed by atoms with Crippen LogP contribution < -0.4 is 11.3 Å². The summed E-state index contributed by atoms with van der Waals surface area (Å²) in [6, 6.07) is 0.836. The number of ether oxygens (including phenoxy) is 1. The Kier molecular flexibility index (Phi) is 7.82. The first-order valence-corrected chi connectivity index (χ1v) is 7.52. The summed E-state index contributed by atoms with van der Waals surface area (Å²) in [6.45, 7) is 5.89. The molecule has 3 N–H and O–H groups in total. The molecular formula is C14H30N4O. The molecule has 0 aromatic carbocycles. The lowest BCUT2D eigenvalue weighted by atomic mass is 9.96. The molecule has 0 aromatic heterocycles. The minimum atomic E-state index is 0.411. The third-order valence-corrected chi connectivity index (χ3v) is 3.94. The van der Waals surface area contributed by atoms with Crippen LogP contribution in [0.4, 0.5) is 0 Å². The van der Waals surface area contributed by atoms with Crippen LogP contribution in [-0.2, 0) is 4.74 Å². The van der Waals surface area contributed by atoms with Crippen molar-refractivity contribution in [3.63, 3.8) is 0 Å². The molecule has 1 fully saturated rings. The Bertz CT molecular complexity index is 264. The monoisotopic (exact) mass is 270 g/mol. The Morgan fingerprint density at radius 2 is 2.11 bits per heavy atom. The van der Waals surface area contributed by atoms with Gasteiger partial charge in [0.15, 0.2) is 0 Å². The van der Waals surface area contributed by atoms with Crippen LogP contribution in [0, 0.1) is 0 Å². The average molecular weight is 270 g/mol. The summed E-state index contributed by atoms with van der Waals surface area (Å²) < 4.78 is 5.19. The van der Waals surface area contributed by atoms with Crippen LogP contribution in [0.1, 0.15) is 52.4 Å². The van der Waals surface area contributed by atoms with E-state index in [0.717, 1.165) is 18.9 Å². The van der Waals surface area contributed by atoms with Crippen LogP contribution in [0.5, 0.6) is 0 Å². The van der Waals surface area contributed by atoms with Gasteiger partial charge in [-0.1, -0.05) is 26.2 Å². The van der Waals surface area contributed by atoms with E-state index in [2.05, 4.69) is 24.2 Å². The zero-order valence-electron chi connectivity index (χ0n) is 12.7. The van der Waals surface area contributed by atoms with Gasteiger partial charge in [-0.3, -0.25) is 5.43 Å². The molecule has 1 rings (SSSR count). The molecule has 0 amide bonds. The van der Waals surface area contributed by atoms with Gasteiger partial charge in [0.2, 0.25) is 5.96 Å². The second-order valence-corrected chi connectivity index (χ2v) is 5.33. The largest absolute Gasteiger partial charge is 0.383 e. The van der Waals surface area contributed by atoms with Crippen molar-refractivity contribution in [3.8, 4) is 0 Å². The minimum Gasteiger partial charge on any atom is -0.383 e. The zero-order chi connectivity index (χ0) is 14.1. The summed E-state index contributed by atoms with van der Waals surface area (Å²) in [5, 5.41) is 0. The molecule has 1 aliphatic carbocycles. The second kappa shape index (κ2) is 9.15. The van der Waals surface area contributed by atoms with Crippen molar-refractivity contribution in [1.82, 2.24) is 10.3 Å². The Balaban J connectivity index is 2.71. The first kappa shape index (κ1) is 16.2. The Morgan fingerprint density at radius 3 is 2.63 bits per heavy atom. The van der Waals surface area contributed by atoms with E-state index in [9.17, 15) is 0 Å². The summed E-state index contributed by atoms with van der Waals surface area (Å²) in [5.74, 6) is 6.51. The summed E-state index contributed by atoms with van der Waals surface area (Å²) in [5.41, 5.74) is 2.79. The summed E-state index contributed by atoms with van der Waals surface area (Å²) in [4.78, 5) is 7.05. The van der Waals surface area contributed by atoms with Crippen LogP contribution in [-0.4, -0.2) is 43.2 Å². The zero-order valence-corrected chi connectivity index (χ0v) is 12.7. The van der Waals surface area contributed by atoms with Gasteiger partial charge in [0.05, 0.1) is 12.6 Å². The van der Waals surface area contributed by atoms with Crippen molar-refractivity contribution in [2.45, 2.75) is 64.5 Å². The number of methoxy groups -OCH3 is 1. The highest BCUT2D eigenvalue weighted by atomic mass is 16.5. The molecule has 5 heteroatoms. The predicted molar refractivity (Wildman–Crippen MR) is 80.0 cm³/mol. The maximum Gasteiger partial charge on any atom is 0.208 e. The Morgan fingerprint density at radius 1 is 1.42 bits per heavy atom. The SMILES string of the molecule is CCC(C)N(CCOC)C(=NC1CCCCC1)NN. The summed E-state index contributed by atoms with van der Waals surface area (Å²) in [6.07, 6.45) is 7.35. The van der Waals surface area contributed by atoms with Crippen molar-refractivity contribution in [3.05, 3.63) is 0 Å². The van der Waals surface area contributed by atoms with E-state index in [1.165, 1.54) is 32.1 Å². The van der Waals surface area contributed by atoms with Gasteiger partial charge in [0.1, 0.15) is 0 Å². The standard InChI is InChI=1S/C14H30N4O/c1-4-12(2)18(10-11-19-3)14(17-15)16-13-8-6-5-7-9-13/h12-13H,4-11,15H2,1-3H3,(H,16,17). The van der Waals surface area contributed by atoms with Crippen molar-refractivity contribution >= 4 is 5.96 Å². The molecule has 112 valence electrons. The fraction of sp³-hybridized carbons (Fsp3) is 0.929. The Hall–Kier alpha value is -0.810. The van der Waals surface area contributed by atoms with Gasteiger partial charge in [-0.15, -0.1) is 0 Å². The molecule has 19 heavy (non-hydrogen) atoms. The van der Waals surface area contributed by atoms with E-state index in [4.69, 9.17) is 15.6 Å². The van der Waals surface area contributed by atoms with Gasteiger partial charge in [-0.25, -0.2) is 10.8 Å². The highest BCUT2D eigenvalue weighted by Crippen LogP contribution is 2.20. The molecular weight excluding hydrogens is 240 g/mol. The highest BCUT2D eigenvalue weighted by Gasteiger charge is 2.19. The second-order valence-electron chi connectivity index (χ2n) is 5.33. The topological polar surface area (TPSA) is 62.9 Å². The molecule has 1 aliphatic rings. The van der Waals surface area contributed by atoms with Gasteiger partial charge in [0, 0.05) is 19.7 Å². The number of rotatable bonds is 6. The molecule has 5 nitrogen and oxygen atoms in total. The van der Waals surface area contributed by atoms with Crippen molar-refractivity contribution in [2.24, 2.45) is 10.8 Å². The van der Waals surface area contributed by atoms with E-state index in [0.29, 0.717) is 18.7 Å². The lowest BCUT2D eigenvalue weighted by Gasteiger charge is -2.32. The van der Waals surface area contributed by atoms with Crippen LogP contribution in [0.2, 0.25) is 0 Å². The quantitative estimate of drug-likeness (QED) is 0.335. The van der Waals surface area contributed by atoms with Gasteiger partial charge >= 0.3 is 0 Å². The number of guanidine groups is 1. The number of hydrogen-bond donors (Lipinski definition) is 2. The van der Waals surface area contributed by atoms with Crippen LogP contribution in [0.25, 0.3) is 0 Å². The molecule has 1 saturated carbocycles. The first-order valence-electron chi connectivity index (χ1n) is 7.52. The molecule has 0 aromatic rings. The summed E-state index contributed by atoms with van der Waals surface area (Å²) >= 11 is 0. The van der Waals surface area contributed by atoms with E-state index < -0.39 is 0 Å². The third kappa shape index (κ3) is 5.37. The number of hydrogen-bond acceptors (Lipinski definition) is 3. The van der Waals surface area contributed by atoms with Gasteiger partial charge in [-0.05, 0) is 26.2 Å². The highest BCUT2D eigenvalue weighted by molar-refractivity contribution is 5.79. The fourth-order valence-electron chi connectivity index (χ4n) is 2.52. The lowest BCUT2D eigenvalue weighted by molar-refractivity contribution is 0.160. The average Bonchev–Trinajstić information content (AvgIpc) is 2.46. The van der Waals surface area contributed by atoms with E-state index in [-0.39, 0.29) is 0 Å². The molecule has 0 radical (unpaired) electrons. The third-order valence-electron chi connectivity index (χ3n) is 3.94. The normalized spacial score (nSPS) is 19.3. The molecule has 0 aliphatic heterocycles.